The number of nitrogens with zero attached hydrogens (tertiary/aromatic N) is 3. The first kappa shape index (κ1) is 17.7. The van der Waals surface area contributed by atoms with Crippen molar-refractivity contribution in [3.05, 3.63) is 53.3 Å². The van der Waals surface area contributed by atoms with E-state index >= 15 is 0 Å². The van der Waals surface area contributed by atoms with Crippen molar-refractivity contribution in [1.29, 1.82) is 0 Å². The molecule has 0 aliphatic carbocycles. The van der Waals surface area contributed by atoms with Crippen LogP contribution in [-0.4, -0.2) is 39.7 Å². The quantitative estimate of drug-likeness (QED) is 0.879. The van der Waals surface area contributed by atoms with Crippen molar-refractivity contribution in [2.75, 3.05) is 13.1 Å². The molecule has 1 aliphatic rings. The number of nitrogens with one attached hydrogen (secondary N) is 1. The first-order valence-electron chi connectivity index (χ1n) is 9.15. The highest BCUT2D eigenvalue weighted by molar-refractivity contribution is 5.76. The van der Waals surface area contributed by atoms with E-state index in [1.54, 1.807) is 0 Å². The van der Waals surface area contributed by atoms with Crippen LogP contribution in [0.5, 0.6) is 0 Å². The van der Waals surface area contributed by atoms with Gasteiger partial charge in [-0.2, -0.15) is 5.10 Å². The molecule has 5 heteroatoms. The Labute approximate surface area is 150 Å². The highest BCUT2D eigenvalue weighted by atomic mass is 16.1. The van der Waals surface area contributed by atoms with E-state index in [1.165, 1.54) is 11.1 Å². The number of rotatable bonds is 6. The SMILES string of the molecule is Cc1cccc(CN2CCC(NC(=O)CCn3cc(C)cn3)CC2)c1. The second-order valence-corrected chi connectivity index (χ2v) is 7.14. The van der Waals surface area contributed by atoms with E-state index in [4.69, 9.17) is 0 Å². The number of likely N-dealkylation sites (tertiary alicyclic amines) is 1. The maximum Gasteiger partial charge on any atom is 0.222 e. The molecule has 0 spiro atoms. The zero-order valence-electron chi connectivity index (χ0n) is 15.2. The summed E-state index contributed by atoms with van der Waals surface area (Å²) in [5.41, 5.74) is 3.81. The fourth-order valence-electron chi connectivity index (χ4n) is 3.41. The molecule has 1 N–H and O–H groups in total. The van der Waals surface area contributed by atoms with Gasteiger partial charge in [-0.05, 0) is 37.8 Å². The lowest BCUT2D eigenvalue weighted by Gasteiger charge is -2.32. The van der Waals surface area contributed by atoms with Gasteiger partial charge in [0.1, 0.15) is 0 Å². The Kier molecular flexibility index (Phi) is 5.87. The molecule has 1 aliphatic heterocycles. The maximum absolute atomic E-state index is 12.1. The Morgan fingerprint density at radius 2 is 2.04 bits per heavy atom. The zero-order chi connectivity index (χ0) is 17.6. The van der Waals surface area contributed by atoms with Gasteiger partial charge in [-0.25, -0.2) is 0 Å². The molecule has 134 valence electrons. The molecule has 0 unspecified atom stereocenters. The van der Waals surface area contributed by atoms with Gasteiger partial charge in [-0.3, -0.25) is 14.4 Å². The number of piperidine rings is 1. The lowest BCUT2D eigenvalue weighted by molar-refractivity contribution is -0.122. The summed E-state index contributed by atoms with van der Waals surface area (Å²) in [6.07, 6.45) is 6.33. The number of benzene rings is 1. The van der Waals surface area contributed by atoms with Crippen LogP contribution in [-0.2, 0) is 17.9 Å². The van der Waals surface area contributed by atoms with Gasteiger partial charge in [0, 0.05) is 44.8 Å². The van der Waals surface area contributed by atoms with Gasteiger partial charge >= 0.3 is 0 Å². The molecule has 0 saturated carbocycles. The van der Waals surface area contributed by atoms with E-state index in [9.17, 15) is 4.79 Å². The molecule has 0 atom stereocenters. The van der Waals surface area contributed by atoms with Crippen LogP contribution in [0.2, 0.25) is 0 Å². The van der Waals surface area contributed by atoms with Crippen molar-refractivity contribution in [1.82, 2.24) is 20.0 Å². The molecule has 1 aromatic carbocycles. The Morgan fingerprint density at radius 3 is 2.72 bits per heavy atom. The third-order valence-corrected chi connectivity index (χ3v) is 4.77. The molecule has 1 saturated heterocycles. The minimum Gasteiger partial charge on any atom is -0.353 e. The Bertz CT molecular complexity index is 701. The van der Waals surface area contributed by atoms with Crippen LogP contribution in [0, 0.1) is 13.8 Å². The first-order chi connectivity index (χ1) is 12.1. The predicted molar refractivity (Wildman–Crippen MR) is 99.2 cm³/mol. The van der Waals surface area contributed by atoms with E-state index in [0.717, 1.165) is 38.0 Å². The summed E-state index contributed by atoms with van der Waals surface area (Å²) in [4.78, 5) is 14.6. The van der Waals surface area contributed by atoms with Crippen LogP contribution in [0.1, 0.15) is 36.0 Å². The lowest BCUT2D eigenvalue weighted by atomic mass is 10.0. The van der Waals surface area contributed by atoms with Crippen LogP contribution >= 0.6 is 0 Å². The summed E-state index contributed by atoms with van der Waals surface area (Å²) in [5.74, 6) is 0.130. The van der Waals surface area contributed by atoms with Crippen LogP contribution in [0.15, 0.2) is 36.7 Å². The molecule has 0 bridgehead atoms. The van der Waals surface area contributed by atoms with Gasteiger partial charge < -0.3 is 5.32 Å². The second kappa shape index (κ2) is 8.30. The molecule has 25 heavy (non-hydrogen) atoms. The number of hydrogen-bond donors (Lipinski definition) is 1. The summed E-state index contributed by atoms with van der Waals surface area (Å²) in [6.45, 7) is 7.87. The molecular formula is C20H28N4O. The monoisotopic (exact) mass is 340 g/mol. The summed E-state index contributed by atoms with van der Waals surface area (Å²) >= 11 is 0. The fraction of sp³-hybridized carbons (Fsp3) is 0.500. The average molecular weight is 340 g/mol. The van der Waals surface area contributed by atoms with Crippen molar-refractivity contribution in [3.63, 3.8) is 0 Å². The van der Waals surface area contributed by atoms with Crippen molar-refractivity contribution in [2.45, 2.75) is 52.2 Å². The molecule has 2 aromatic rings. The molecule has 1 aromatic heterocycles. The first-order valence-corrected chi connectivity index (χ1v) is 9.15. The topological polar surface area (TPSA) is 50.2 Å². The van der Waals surface area contributed by atoms with Crippen molar-refractivity contribution >= 4 is 5.91 Å². The van der Waals surface area contributed by atoms with Gasteiger partial charge in [0.05, 0.1) is 6.20 Å². The summed E-state index contributed by atoms with van der Waals surface area (Å²) in [6, 6.07) is 9.01. The molecule has 1 amide bonds. The summed E-state index contributed by atoms with van der Waals surface area (Å²) in [5, 5.41) is 7.40. The smallest absolute Gasteiger partial charge is 0.222 e. The maximum atomic E-state index is 12.1. The molecule has 2 heterocycles. The summed E-state index contributed by atoms with van der Waals surface area (Å²) < 4.78 is 1.83. The number of carbonyl (C=O) groups is 1. The highest BCUT2D eigenvalue weighted by Crippen LogP contribution is 2.15. The average Bonchev–Trinajstić information content (AvgIpc) is 3.00. The van der Waals surface area contributed by atoms with Crippen LogP contribution in [0.3, 0.4) is 0 Å². The Hall–Kier alpha value is -2.14. The van der Waals surface area contributed by atoms with E-state index in [-0.39, 0.29) is 5.91 Å². The number of carbonyl (C=O) groups excluding carboxylic acids is 1. The largest absolute Gasteiger partial charge is 0.353 e. The highest BCUT2D eigenvalue weighted by Gasteiger charge is 2.20. The van der Waals surface area contributed by atoms with Gasteiger partial charge in [-0.1, -0.05) is 29.8 Å². The number of aryl methyl sites for hydroxylation is 3. The zero-order valence-corrected chi connectivity index (χ0v) is 15.2. The molecular weight excluding hydrogens is 312 g/mol. The number of aromatic nitrogens is 2. The van der Waals surface area contributed by atoms with Crippen LogP contribution in [0.4, 0.5) is 0 Å². The van der Waals surface area contributed by atoms with E-state index in [2.05, 4.69) is 46.5 Å². The number of hydrogen-bond acceptors (Lipinski definition) is 3. The third-order valence-electron chi connectivity index (χ3n) is 4.77. The number of amides is 1. The normalized spacial score (nSPS) is 16.1. The predicted octanol–water partition coefficient (Wildman–Crippen LogP) is 2.67. The van der Waals surface area contributed by atoms with Crippen molar-refractivity contribution < 1.29 is 4.79 Å². The van der Waals surface area contributed by atoms with Crippen molar-refractivity contribution in [2.24, 2.45) is 0 Å². The van der Waals surface area contributed by atoms with Crippen LogP contribution in [0.25, 0.3) is 0 Å². The summed E-state index contributed by atoms with van der Waals surface area (Å²) in [7, 11) is 0. The standard InChI is InChI=1S/C20H28N4O/c1-16-4-3-5-18(12-16)15-23-9-6-19(7-10-23)22-20(25)8-11-24-14-17(2)13-21-24/h3-5,12-14,19H,6-11,15H2,1-2H3,(H,22,25). The minimum atomic E-state index is 0.130. The van der Waals surface area contributed by atoms with Gasteiger partial charge in [-0.15, -0.1) is 0 Å². The van der Waals surface area contributed by atoms with Gasteiger partial charge in [0.25, 0.3) is 0 Å². The van der Waals surface area contributed by atoms with Gasteiger partial charge in [0.2, 0.25) is 5.91 Å². The molecule has 0 radical (unpaired) electrons. The fourth-order valence-corrected chi connectivity index (χ4v) is 3.41. The third kappa shape index (κ3) is 5.43. The van der Waals surface area contributed by atoms with Crippen LogP contribution < -0.4 is 5.32 Å². The molecule has 3 rings (SSSR count). The Morgan fingerprint density at radius 1 is 1.24 bits per heavy atom. The van der Waals surface area contributed by atoms with E-state index < -0.39 is 0 Å². The lowest BCUT2D eigenvalue weighted by Crippen LogP contribution is -2.44. The molecule has 5 nitrogen and oxygen atoms in total. The Balaban J connectivity index is 1.37. The van der Waals surface area contributed by atoms with Crippen molar-refractivity contribution in [3.8, 4) is 0 Å². The van der Waals surface area contributed by atoms with E-state index in [0.29, 0.717) is 19.0 Å². The second-order valence-electron chi connectivity index (χ2n) is 7.14. The molecule has 1 fully saturated rings. The minimum absolute atomic E-state index is 0.130. The van der Waals surface area contributed by atoms with Gasteiger partial charge in [0.15, 0.2) is 0 Å². The van der Waals surface area contributed by atoms with E-state index in [1.807, 2.05) is 24.0 Å².